The average molecular weight is 283 g/mol. The highest BCUT2D eigenvalue weighted by Crippen LogP contribution is 2.27. The summed E-state index contributed by atoms with van der Waals surface area (Å²) in [7, 11) is 3.75. The Morgan fingerprint density at radius 2 is 2.11 bits per heavy atom. The third-order valence-corrected chi connectivity index (χ3v) is 4.01. The molecule has 0 aromatic heterocycles. The SMILES string of the molecule is CCOc1ccccc1C(CSCCCOC)NC. The monoisotopic (exact) mass is 283 g/mol. The molecule has 0 radical (unpaired) electrons. The predicted octanol–water partition coefficient (Wildman–Crippen LogP) is 3.12. The maximum absolute atomic E-state index is 5.70. The van der Waals surface area contributed by atoms with Crippen LogP contribution in [0.4, 0.5) is 0 Å². The van der Waals surface area contributed by atoms with Crippen molar-refractivity contribution in [2.24, 2.45) is 0 Å². The van der Waals surface area contributed by atoms with Crippen LogP contribution < -0.4 is 10.1 Å². The minimum absolute atomic E-state index is 0.329. The lowest BCUT2D eigenvalue weighted by Crippen LogP contribution is -2.20. The molecule has 0 bridgehead atoms. The van der Waals surface area contributed by atoms with Gasteiger partial charge in [0.1, 0.15) is 5.75 Å². The fourth-order valence-corrected chi connectivity index (χ4v) is 2.96. The quantitative estimate of drug-likeness (QED) is 0.668. The summed E-state index contributed by atoms with van der Waals surface area (Å²) in [6.45, 7) is 3.56. The Hall–Kier alpha value is -0.710. The number of nitrogens with one attached hydrogen (secondary N) is 1. The molecule has 0 aliphatic carbocycles. The maximum atomic E-state index is 5.70. The van der Waals surface area contributed by atoms with Crippen molar-refractivity contribution in [2.75, 3.05) is 38.9 Å². The van der Waals surface area contributed by atoms with Crippen molar-refractivity contribution < 1.29 is 9.47 Å². The average Bonchev–Trinajstić information content (AvgIpc) is 2.44. The normalized spacial score (nSPS) is 12.4. The molecular weight excluding hydrogens is 258 g/mol. The van der Waals surface area contributed by atoms with E-state index in [9.17, 15) is 0 Å². The van der Waals surface area contributed by atoms with E-state index in [0.29, 0.717) is 12.6 Å². The van der Waals surface area contributed by atoms with E-state index in [0.717, 1.165) is 30.3 Å². The number of ether oxygens (including phenoxy) is 2. The molecule has 1 aromatic rings. The molecule has 0 amide bonds. The van der Waals surface area contributed by atoms with Crippen molar-refractivity contribution in [3.05, 3.63) is 29.8 Å². The molecule has 0 spiro atoms. The van der Waals surface area contributed by atoms with Crippen molar-refractivity contribution in [3.63, 3.8) is 0 Å². The van der Waals surface area contributed by atoms with E-state index in [1.54, 1.807) is 7.11 Å². The molecule has 0 aliphatic rings. The van der Waals surface area contributed by atoms with Crippen molar-refractivity contribution in [2.45, 2.75) is 19.4 Å². The summed E-state index contributed by atoms with van der Waals surface area (Å²) < 4.78 is 10.8. The molecule has 0 saturated heterocycles. The summed E-state index contributed by atoms with van der Waals surface area (Å²) in [4.78, 5) is 0. The first-order valence-electron chi connectivity index (χ1n) is 6.79. The van der Waals surface area contributed by atoms with Crippen LogP contribution in [-0.4, -0.2) is 38.9 Å². The van der Waals surface area contributed by atoms with E-state index < -0.39 is 0 Å². The van der Waals surface area contributed by atoms with Gasteiger partial charge in [0.2, 0.25) is 0 Å². The number of benzene rings is 1. The zero-order valence-corrected chi connectivity index (χ0v) is 13.0. The van der Waals surface area contributed by atoms with E-state index in [-0.39, 0.29) is 0 Å². The molecule has 3 nitrogen and oxygen atoms in total. The predicted molar refractivity (Wildman–Crippen MR) is 83.2 cm³/mol. The number of rotatable bonds is 10. The second-order valence-corrected chi connectivity index (χ2v) is 5.38. The zero-order chi connectivity index (χ0) is 13.9. The standard InChI is InChI=1S/C15H25NO2S/c1-4-18-15-9-6-5-8-13(15)14(16-2)12-19-11-7-10-17-3/h5-6,8-9,14,16H,4,7,10-12H2,1-3H3. The van der Waals surface area contributed by atoms with Gasteiger partial charge in [-0.05, 0) is 32.2 Å². The van der Waals surface area contributed by atoms with Gasteiger partial charge < -0.3 is 14.8 Å². The van der Waals surface area contributed by atoms with Crippen LogP contribution in [0.2, 0.25) is 0 Å². The molecule has 1 aromatic carbocycles. The lowest BCUT2D eigenvalue weighted by Gasteiger charge is -2.19. The fraction of sp³-hybridized carbons (Fsp3) is 0.600. The second kappa shape index (κ2) is 10.1. The molecule has 0 fully saturated rings. The highest BCUT2D eigenvalue weighted by molar-refractivity contribution is 7.99. The first kappa shape index (κ1) is 16.3. The minimum atomic E-state index is 0.329. The maximum Gasteiger partial charge on any atom is 0.124 e. The van der Waals surface area contributed by atoms with Crippen LogP contribution in [-0.2, 0) is 4.74 Å². The minimum Gasteiger partial charge on any atom is -0.494 e. The molecule has 108 valence electrons. The van der Waals surface area contributed by atoms with E-state index in [4.69, 9.17) is 9.47 Å². The zero-order valence-electron chi connectivity index (χ0n) is 12.1. The summed E-state index contributed by atoms with van der Waals surface area (Å²) in [6, 6.07) is 8.60. The van der Waals surface area contributed by atoms with Crippen molar-refractivity contribution in [1.29, 1.82) is 0 Å². The van der Waals surface area contributed by atoms with Crippen LogP contribution in [0.5, 0.6) is 5.75 Å². The van der Waals surface area contributed by atoms with Crippen molar-refractivity contribution in [3.8, 4) is 5.75 Å². The van der Waals surface area contributed by atoms with Crippen LogP contribution in [0.25, 0.3) is 0 Å². The van der Waals surface area contributed by atoms with Crippen LogP contribution >= 0.6 is 11.8 Å². The summed E-state index contributed by atoms with van der Waals surface area (Å²) in [5.41, 5.74) is 1.24. The number of hydrogen-bond acceptors (Lipinski definition) is 4. The van der Waals surface area contributed by atoms with Gasteiger partial charge in [0.05, 0.1) is 6.61 Å². The van der Waals surface area contributed by atoms with Gasteiger partial charge in [-0.15, -0.1) is 0 Å². The van der Waals surface area contributed by atoms with Crippen LogP contribution in [0.1, 0.15) is 24.9 Å². The van der Waals surface area contributed by atoms with E-state index in [1.165, 1.54) is 5.56 Å². The Bertz CT molecular complexity index is 347. The molecule has 0 saturated carbocycles. The van der Waals surface area contributed by atoms with E-state index in [2.05, 4.69) is 17.4 Å². The Morgan fingerprint density at radius 3 is 2.79 bits per heavy atom. The molecule has 0 aliphatic heterocycles. The molecule has 4 heteroatoms. The molecule has 1 N–H and O–H groups in total. The highest BCUT2D eigenvalue weighted by atomic mass is 32.2. The number of para-hydroxylation sites is 1. The largest absolute Gasteiger partial charge is 0.494 e. The molecular formula is C15H25NO2S. The van der Waals surface area contributed by atoms with Gasteiger partial charge in [0.25, 0.3) is 0 Å². The Labute approximate surface area is 121 Å². The summed E-state index contributed by atoms with van der Waals surface area (Å²) in [5.74, 6) is 3.16. The summed E-state index contributed by atoms with van der Waals surface area (Å²) in [5, 5.41) is 3.38. The van der Waals surface area contributed by atoms with E-state index >= 15 is 0 Å². The van der Waals surface area contributed by atoms with Crippen LogP contribution in [0.15, 0.2) is 24.3 Å². The number of thioether (sulfide) groups is 1. The van der Waals surface area contributed by atoms with Gasteiger partial charge >= 0.3 is 0 Å². The smallest absolute Gasteiger partial charge is 0.124 e. The second-order valence-electron chi connectivity index (χ2n) is 4.23. The summed E-state index contributed by atoms with van der Waals surface area (Å²) in [6.07, 6.45) is 1.10. The Morgan fingerprint density at radius 1 is 1.32 bits per heavy atom. The molecule has 0 heterocycles. The Kier molecular flexibility index (Phi) is 8.71. The molecule has 1 atom stereocenters. The number of methoxy groups -OCH3 is 1. The molecule has 19 heavy (non-hydrogen) atoms. The van der Waals surface area contributed by atoms with Gasteiger partial charge in [-0.3, -0.25) is 0 Å². The van der Waals surface area contributed by atoms with Gasteiger partial charge in [-0.1, -0.05) is 18.2 Å². The van der Waals surface area contributed by atoms with Gasteiger partial charge in [0, 0.05) is 31.1 Å². The van der Waals surface area contributed by atoms with Gasteiger partial charge in [-0.2, -0.15) is 11.8 Å². The van der Waals surface area contributed by atoms with Crippen molar-refractivity contribution >= 4 is 11.8 Å². The number of hydrogen-bond donors (Lipinski definition) is 1. The topological polar surface area (TPSA) is 30.5 Å². The third-order valence-electron chi connectivity index (χ3n) is 2.86. The lowest BCUT2D eigenvalue weighted by atomic mass is 10.1. The Balaban J connectivity index is 2.53. The van der Waals surface area contributed by atoms with Gasteiger partial charge in [0.15, 0.2) is 0 Å². The third kappa shape index (κ3) is 5.85. The summed E-state index contributed by atoms with van der Waals surface area (Å²) >= 11 is 1.95. The lowest BCUT2D eigenvalue weighted by molar-refractivity contribution is 0.200. The molecule has 1 rings (SSSR count). The van der Waals surface area contributed by atoms with Crippen LogP contribution in [0, 0.1) is 0 Å². The van der Waals surface area contributed by atoms with Crippen LogP contribution in [0.3, 0.4) is 0 Å². The fourth-order valence-electron chi connectivity index (χ4n) is 1.89. The van der Waals surface area contributed by atoms with Crippen molar-refractivity contribution in [1.82, 2.24) is 5.32 Å². The first-order valence-corrected chi connectivity index (χ1v) is 7.94. The van der Waals surface area contributed by atoms with E-state index in [1.807, 2.05) is 37.9 Å². The van der Waals surface area contributed by atoms with Gasteiger partial charge in [-0.25, -0.2) is 0 Å². The highest BCUT2D eigenvalue weighted by Gasteiger charge is 2.13. The first-order chi connectivity index (χ1) is 9.33. The molecule has 1 unspecified atom stereocenters.